The van der Waals surface area contributed by atoms with Crippen LogP contribution in [-0.4, -0.2) is 34.4 Å². The van der Waals surface area contributed by atoms with Crippen LogP contribution in [0.5, 0.6) is 11.5 Å². The highest BCUT2D eigenvalue weighted by molar-refractivity contribution is 5.91. The summed E-state index contributed by atoms with van der Waals surface area (Å²) in [6.07, 6.45) is -0.418. The molecule has 0 aliphatic heterocycles. The van der Waals surface area contributed by atoms with E-state index in [-0.39, 0.29) is 22.6 Å². The molecule has 1 aromatic carbocycles. The van der Waals surface area contributed by atoms with Crippen LogP contribution >= 0.6 is 0 Å². The molecular weight excluding hydrogens is 242 g/mol. The molecule has 98 valence electrons. The lowest BCUT2D eigenvalue weighted by molar-refractivity contribution is -0.137. The Bertz CT molecular complexity index is 485. The molecule has 0 aliphatic rings. The number of phenolic OH excluding ortho intramolecular Hbond substituents is 1. The third-order valence-corrected chi connectivity index (χ3v) is 2.37. The van der Waals surface area contributed by atoms with Gasteiger partial charge in [0.05, 0.1) is 13.5 Å². The molecule has 0 aliphatic carbocycles. The molecule has 0 heterocycles. The molecule has 0 bridgehead atoms. The highest BCUT2D eigenvalue weighted by atomic mass is 16.5. The molecule has 1 atom stereocenters. The van der Waals surface area contributed by atoms with Gasteiger partial charge in [-0.1, -0.05) is 0 Å². The Morgan fingerprint density at radius 3 is 2.44 bits per heavy atom. The summed E-state index contributed by atoms with van der Waals surface area (Å²) in [5.41, 5.74) is 5.45. The first-order valence-electron chi connectivity index (χ1n) is 4.98. The zero-order valence-corrected chi connectivity index (χ0v) is 9.58. The number of rotatable bonds is 5. The van der Waals surface area contributed by atoms with Crippen molar-refractivity contribution in [1.29, 1.82) is 0 Å². The van der Waals surface area contributed by atoms with E-state index in [9.17, 15) is 14.7 Å². The number of hydrogen-bond acceptors (Lipinski definition) is 5. The number of benzene rings is 1. The average molecular weight is 255 g/mol. The van der Waals surface area contributed by atoms with Crippen molar-refractivity contribution < 1.29 is 29.6 Å². The molecule has 1 rings (SSSR count). The van der Waals surface area contributed by atoms with E-state index in [0.717, 1.165) is 12.1 Å². The number of phenols is 1. The molecule has 0 saturated carbocycles. The van der Waals surface area contributed by atoms with Gasteiger partial charge in [-0.25, -0.2) is 4.79 Å². The summed E-state index contributed by atoms with van der Waals surface area (Å²) in [5, 5.41) is 27.2. The van der Waals surface area contributed by atoms with Gasteiger partial charge in [-0.3, -0.25) is 4.79 Å². The van der Waals surface area contributed by atoms with Crippen molar-refractivity contribution in [2.75, 3.05) is 7.11 Å². The summed E-state index contributed by atoms with van der Waals surface area (Å²) in [6, 6.07) is 1.22. The highest BCUT2D eigenvalue weighted by Crippen LogP contribution is 2.32. The van der Waals surface area contributed by atoms with Crippen LogP contribution in [0.15, 0.2) is 12.1 Å². The number of aromatic carboxylic acids is 1. The number of ether oxygens (including phenoxy) is 1. The van der Waals surface area contributed by atoms with E-state index in [1.807, 2.05) is 0 Å². The van der Waals surface area contributed by atoms with Gasteiger partial charge in [-0.2, -0.15) is 0 Å². The smallest absolute Gasteiger partial charge is 0.339 e. The van der Waals surface area contributed by atoms with Gasteiger partial charge in [0.2, 0.25) is 0 Å². The lowest BCUT2D eigenvalue weighted by Crippen LogP contribution is -2.16. The first-order valence-corrected chi connectivity index (χ1v) is 4.98. The van der Waals surface area contributed by atoms with Crippen molar-refractivity contribution >= 4 is 11.9 Å². The zero-order chi connectivity index (χ0) is 13.9. The fourth-order valence-corrected chi connectivity index (χ4v) is 1.52. The quantitative estimate of drug-likeness (QED) is 0.605. The fourth-order valence-electron chi connectivity index (χ4n) is 1.52. The Hall–Kier alpha value is -2.28. The Morgan fingerprint density at radius 2 is 2.00 bits per heavy atom. The van der Waals surface area contributed by atoms with E-state index in [2.05, 4.69) is 0 Å². The normalized spacial score (nSPS) is 11.9. The molecular formula is C11H13NO6. The largest absolute Gasteiger partial charge is 0.507 e. The van der Waals surface area contributed by atoms with E-state index in [0.29, 0.717) is 0 Å². The Balaban J connectivity index is 3.24. The summed E-state index contributed by atoms with van der Waals surface area (Å²) in [4.78, 5) is 21.5. The molecule has 18 heavy (non-hydrogen) atoms. The molecule has 0 amide bonds. The van der Waals surface area contributed by atoms with Crippen LogP contribution in [-0.2, 0) is 4.79 Å². The number of carbonyl (C=O) groups is 2. The number of methoxy groups -OCH3 is 1. The van der Waals surface area contributed by atoms with Crippen molar-refractivity contribution in [3.8, 4) is 11.5 Å². The predicted molar refractivity (Wildman–Crippen MR) is 60.8 cm³/mol. The summed E-state index contributed by atoms with van der Waals surface area (Å²) in [6.45, 7) is 0. The van der Waals surface area contributed by atoms with Crippen LogP contribution in [0.3, 0.4) is 0 Å². The first-order chi connectivity index (χ1) is 8.36. The molecule has 5 N–H and O–H groups in total. The Morgan fingerprint density at radius 1 is 1.39 bits per heavy atom. The van der Waals surface area contributed by atoms with E-state index >= 15 is 0 Å². The summed E-state index contributed by atoms with van der Waals surface area (Å²) in [5.74, 6) is -2.72. The summed E-state index contributed by atoms with van der Waals surface area (Å²) in [7, 11) is 1.26. The van der Waals surface area contributed by atoms with Crippen LogP contribution in [0.2, 0.25) is 0 Å². The van der Waals surface area contributed by atoms with Gasteiger partial charge in [0.1, 0.15) is 17.1 Å². The van der Waals surface area contributed by atoms with Crippen molar-refractivity contribution in [2.24, 2.45) is 5.73 Å². The topological polar surface area (TPSA) is 130 Å². The lowest BCUT2D eigenvalue weighted by atomic mass is 10.00. The minimum absolute atomic E-state index is 0.0220. The second-order valence-corrected chi connectivity index (χ2v) is 3.62. The molecule has 0 saturated heterocycles. The molecule has 1 unspecified atom stereocenters. The number of aromatic hydroxyl groups is 1. The van der Waals surface area contributed by atoms with Crippen molar-refractivity contribution in [3.63, 3.8) is 0 Å². The van der Waals surface area contributed by atoms with Crippen molar-refractivity contribution in [3.05, 3.63) is 23.3 Å². The number of nitrogens with two attached hydrogens (primary N) is 1. The Labute approximate surface area is 102 Å². The Kier molecular flexibility index (Phi) is 4.11. The summed E-state index contributed by atoms with van der Waals surface area (Å²) >= 11 is 0. The maximum absolute atomic E-state index is 11.0. The molecule has 1 aromatic rings. The lowest BCUT2D eigenvalue weighted by Gasteiger charge is -2.14. The van der Waals surface area contributed by atoms with Gasteiger partial charge in [-0.05, 0) is 6.07 Å². The van der Waals surface area contributed by atoms with Gasteiger partial charge in [0.25, 0.3) is 0 Å². The number of carboxylic acids is 2. The molecule has 0 fully saturated rings. The van der Waals surface area contributed by atoms with E-state index < -0.39 is 24.4 Å². The third-order valence-electron chi connectivity index (χ3n) is 2.37. The third kappa shape index (κ3) is 2.89. The number of hydrogen-bond donors (Lipinski definition) is 4. The van der Waals surface area contributed by atoms with Gasteiger partial charge in [-0.15, -0.1) is 0 Å². The van der Waals surface area contributed by atoms with Gasteiger partial charge < -0.3 is 25.8 Å². The average Bonchev–Trinajstić information content (AvgIpc) is 2.26. The monoisotopic (exact) mass is 255 g/mol. The second-order valence-electron chi connectivity index (χ2n) is 3.62. The standard InChI is InChI=1S/C11H13NO6/c1-18-9-4-8(13)5(2-6(9)11(16)17)7(12)3-10(14)15/h2,4,7,13H,3,12H2,1H3,(H,14,15)(H,16,17). The van der Waals surface area contributed by atoms with Crippen molar-refractivity contribution in [2.45, 2.75) is 12.5 Å². The van der Waals surface area contributed by atoms with Crippen LogP contribution in [0, 0.1) is 0 Å². The minimum atomic E-state index is -1.25. The number of aliphatic carboxylic acids is 1. The van der Waals surface area contributed by atoms with E-state index in [1.54, 1.807) is 0 Å². The van der Waals surface area contributed by atoms with E-state index in [1.165, 1.54) is 7.11 Å². The van der Waals surface area contributed by atoms with Gasteiger partial charge >= 0.3 is 11.9 Å². The second kappa shape index (κ2) is 5.37. The fraction of sp³-hybridized carbons (Fsp3) is 0.273. The minimum Gasteiger partial charge on any atom is -0.507 e. The van der Waals surface area contributed by atoms with Gasteiger partial charge in [0.15, 0.2) is 0 Å². The molecule has 0 radical (unpaired) electrons. The molecule has 0 spiro atoms. The van der Waals surface area contributed by atoms with E-state index in [4.69, 9.17) is 20.7 Å². The predicted octanol–water partition coefficient (Wildman–Crippen LogP) is 0.573. The van der Waals surface area contributed by atoms with Crippen LogP contribution in [0.1, 0.15) is 28.4 Å². The van der Waals surface area contributed by atoms with Crippen molar-refractivity contribution in [1.82, 2.24) is 0 Å². The first kappa shape index (κ1) is 13.8. The molecule has 7 nitrogen and oxygen atoms in total. The van der Waals surface area contributed by atoms with Crippen LogP contribution in [0.4, 0.5) is 0 Å². The SMILES string of the molecule is COc1cc(O)c(C(N)CC(=O)O)cc1C(=O)O. The summed E-state index contributed by atoms with van der Waals surface area (Å²) < 4.78 is 4.81. The number of carboxylic acid groups (broad SMARTS) is 2. The highest BCUT2D eigenvalue weighted by Gasteiger charge is 2.20. The van der Waals surface area contributed by atoms with Crippen LogP contribution < -0.4 is 10.5 Å². The maximum atomic E-state index is 11.0. The molecule has 7 heteroatoms. The van der Waals surface area contributed by atoms with Crippen LogP contribution in [0.25, 0.3) is 0 Å². The zero-order valence-electron chi connectivity index (χ0n) is 9.58. The molecule has 0 aromatic heterocycles. The van der Waals surface area contributed by atoms with Gasteiger partial charge in [0, 0.05) is 17.7 Å². The maximum Gasteiger partial charge on any atom is 0.339 e.